The fourth-order valence-corrected chi connectivity index (χ4v) is 1.80. The number of carbonyl (C=O) groups excluding carboxylic acids is 1. The van der Waals surface area contributed by atoms with Gasteiger partial charge in [-0.15, -0.1) is 0 Å². The molecule has 0 saturated carbocycles. The molecular weight excluding hydrogens is 266 g/mol. The van der Waals surface area contributed by atoms with E-state index in [0.717, 1.165) is 0 Å². The Morgan fingerprint density at radius 1 is 1.24 bits per heavy atom. The second kappa shape index (κ2) is 5.97. The van der Waals surface area contributed by atoms with Crippen LogP contribution in [0, 0.1) is 11.3 Å². The van der Waals surface area contributed by atoms with Gasteiger partial charge in [-0.25, -0.2) is 0 Å². The molecule has 106 valence electrons. The van der Waals surface area contributed by atoms with Crippen LogP contribution in [-0.4, -0.2) is 24.9 Å². The second-order valence-electron chi connectivity index (χ2n) is 4.70. The predicted octanol–water partition coefficient (Wildman–Crippen LogP) is 2.63. The van der Waals surface area contributed by atoms with Crippen molar-refractivity contribution in [2.24, 2.45) is 0 Å². The molecular formula is C16H15N3O2. The van der Waals surface area contributed by atoms with E-state index >= 15 is 0 Å². The summed E-state index contributed by atoms with van der Waals surface area (Å²) in [5.41, 5.74) is 7.15. The summed E-state index contributed by atoms with van der Waals surface area (Å²) in [6.45, 7) is 0. The monoisotopic (exact) mass is 281 g/mol. The van der Waals surface area contributed by atoms with Gasteiger partial charge in [0.2, 0.25) is 0 Å². The van der Waals surface area contributed by atoms with E-state index in [4.69, 9.17) is 15.7 Å². The molecule has 0 saturated heterocycles. The average molecular weight is 281 g/mol. The Morgan fingerprint density at radius 3 is 2.67 bits per heavy atom. The summed E-state index contributed by atoms with van der Waals surface area (Å²) in [5.74, 6) is 0.665. The van der Waals surface area contributed by atoms with Gasteiger partial charge in [0, 0.05) is 25.8 Å². The number of benzene rings is 2. The average Bonchev–Trinajstić information content (AvgIpc) is 2.47. The lowest BCUT2D eigenvalue weighted by Gasteiger charge is -2.15. The maximum Gasteiger partial charge on any atom is 0.257 e. The molecule has 0 atom stereocenters. The second-order valence-corrected chi connectivity index (χ2v) is 4.70. The van der Waals surface area contributed by atoms with Gasteiger partial charge in [-0.2, -0.15) is 5.26 Å². The summed E-state index contributed by atoms with van der Waals surface area (Å²) < 4.78 is 5.73. The first-order valence-corrected chi connectivity index (χ1v) is 6.30. The Kier molecular flexibility index (Phi) is 4.10. The quantitative estimate of drug-likeness (QED) is 0.877. The van der Waals surface area contributed by atoms with Gasteiger partial charge >= 0.3 is 0 Å². The highest BCUT2D eigenvalue weighted by molar-refractivity contribution is 5.97. The minimum absolute atomic E-state index is 0.179. The minimum Gasteiger partial charge on any atom is -0.456 e. The van der Waals surface area contributed by atoms with Crippen LogP contribution in [0.4, 0.5) is 5.69 Å². The summed E-state index contributed by atoms with van der Waals surface area (Å²) in [4.78, 5) is 13.6. The van der Waals surface area contributed by atoms with Crippen LogP contribution in [0.5, 0.6) is 11.5 Å². The zero-order valence-corrected chi connectivity index (χ0v) is 11.8. The molecule has 0 heterocycles. The highest BCUT2D eigenvalue weighted by Gasteiger charge is 2.15. The van der Waals surface area contributed by atoms with E-state index in [1.54, 1.807) is 56.6 Å². The molecule has 2 rings (SSSR count). The zero-order valence-electron chi connectivity index (χ0n) is 11.8. The number of amides is 1. The molecule has 5 nitrogen and oxygen atoms in total. The molecule has 0 spiro atoms. The summed E-state index contributed by atoms with van der Waals surface area (Å²) in [7, 11) is 3.33. The molecule has 0 aliphatic rings. The number of nitrogens with zero attached hydrogens (tertiary/aromatic N) is 2. The Hall–Kier alpha value is -3.00. The van der Waals surface area contributed by atoms with E-state index in [-0.39, 0.29) is 5.91 Å². The van der Waals surface area contributed by atoms with Crippen LogP contribution in [0.2, 0.25) is 0 Å². The lowest BCUT2D eigenvalue weighted by molar-refractivity contribution is 0.0825. The van der Waals surface area contributed by atoms with E-state index in [2.05, 4.69) is 0 Å². The standard InChI is InChI=1S/C16H15N3O2/c1-19(2)16(20)14-7-6-12(18)9-15(14)21-13-5-3-4-11(8-13)10-17/h3-9H,18H2,1-2H3. The van der Waals surface area contributed by atoms with Crippen molar-refractivity contribution in [2.45, 2.75) is 0 Å². The number of ether oxygens (including phenoxy) is 1. The van der Waals surface area contributed by atoms with E-state index < -0.39 is 0 Å². The van der Waals surface area contributed by atoms with Crippen molar-refractivity contribution in [3.63, 3.8) is 0 Å². The van der Waals surface area contributed by atoms with Crippen LogP contribution in [0.3, 0.4) is 0 Å². The SMILES string of the molecule is CN(C)C(=O)c1ccc(N)cc1Oc1cccc(C#N)c1. The third-order valence-electron chi connectivity index (χ3n) is 2.83. The van der Waals surface area contributed by atoms with Crippen LogP contribution in [0.25, 0.3) is 0 Å². The number of nitrogens with two attached hydrogens (primary N) is 1. The third-order valence-corrected chi connectivity index (χ3v) is 2.83. The molecule has 0 aromatic heterocycles. The Morgan fingerprint density at radius 2 is 2.00 bits per heavy atom. The van der Waals surface area contributed by atoms with Gasteiger partial charge in [0.1, 0.15) is 11.5 Å². The van der Waals surface area contributed by atoms with Crippen LogP contribution in [0.15, 0.2) is 42.5 Å². The molecule has 0 aliphatic heterocycles. The molecule has 0 unspecified atom stereocenters. The molecule has 2 aromatic carbocycles. The van der Waals surface area contributed by atoms with Gasteiger partial charge in [-0.3, -0.25) is 4.79 Å². The van der Waals surface area contributed by atoms with Crippen molar-refractivity contribution in [2.75, 3.05) is 19.8 Å². The Balaban J connectivity index is 2.41. The first-order valence-electron chi connectivity index (χ1n) is 6.30. The van der Waals surface area contributed by atoms with Crippen molar-refractivity contribution in [1.29, 1.82) is 5.26 Å². The fourth-order valence-electron chi connectivity index (χ4n) is 1.80. The van der Waals surface area contributed by atoms with E-state index in [0.29, 0.717) is 28.3 Å². The number of nitrogen functional groups attached to an aromatic ring is 1. The van der Waals surface area contributed by atoms with Crippen molar-refractivity contribution < 1.29 is 9.53 Å². The lowest BCUT2D eigenvalue weighted by Crippen LogP contribution is -2.22. The number of nitriles is 1. The van der Waals surface area contributed by atoms with Gasteiger partial charge in [-0.1, -0.05) is 6.07 Å². The van der Waals surface area contributed by atoms with E-state index in [1.807, 2.05) is 6.07 Å². The van der Waals surface area contributed by atoms with E-state index in [1.165, 1.54) is 4.90 Å². The molecule has 0 fully saturated rings. The van der Waals surface area contributed by atoms with Gasteiger partial charge in [-0.05, 0) is 30.3 Å². The van der Waals surface area contributed by atoms with Crippen LogP contribution in [-0.2, 0) is 0 Å². The van der Waals surface area contributed by atoms with Gasteiger partial charge in [0.05, 0.1) is 17.2 Å². The zero-order chi connectivity index (χ0) is 15.4. The molecule has 0 bridgehead atoms. The maximum atomic E-state index is 12.1. The van der Waals surface area contributed by atoms with Crippen molar-refractivity contribution in [1.82, 2.24) is 4.90 Å². The first-order chi connectivity index (χ1) is 10.0. The molecule has 2 N–H and O–H groups in total. The largest absolute Gasteiger partial charge is 0.456 e. The van der Waals surface area contributed by atoms with Crippen molar-refractivity contribution in [3.8, 4) is 17.6 Å². The van der Waals surface area contributed by atoms with Crippen LogP contribution < -0.4 is 10.5 Å². The molecule has 5 heteroatoms. The number of anilines is 1. The lowest BCUT2D eigenvalue weighted by atomic mass is 10.1. The number of carbonyl (C=O) groups is 1. The maximum absolute atomic E-state index is 12.1. The van der Waals surface area contributed by atoms with Crippen LogP contribution >= 0.6 is 0 Å². The smallest absolute Gasteiger partial charge is 0.257 e. The van der Waals surface area contributed by atoms with Crippen molar-refractivity contribution in [3.05, 3.63) is 53.6 Å². The number of rotatable bonds is 3. The van der Waals surface area contributed by atoms with E-state index in [9.17, 15) is 4.79 Å². The number of hydrogen-bond acceptors (Lipinski definition) is 4. The minimum atomic E-state index is -0.179. The molecule has 0 radical (unpaired) electrons. The summed E-state index contributed by atoms with van der Waals surface area (Å²) in [6.07, 6.45) is 0. The molecule has 21 heavy (non-hydrogen) atoms. The van der Waals surface area contributed by atoms with Crippen molar-refractivity contribution >= 4 is 11.6 Å². The molecule has 2 aromatic rings. The highest BCUT2D eigenvalue weighted by Crippen LogP contribution is 2.28. The highest BCUT2D eigenvalue weighted by atomic mass is 16.5. The predicted molar refractivity (Wildman–Crippen MR) is 80.1 cm³/mol. The Bertz CT molecular complexity index is 718. The van der Waals surface area contributed by atoms with Gasteiger partial charge < -0.3 is 15.4 Å². The number of hydrogen-bond donors (Lipinski definition) is 1. The third kappa shape index (κ3) is 3.31. The first kappa shape index (κ1) is 14.4. The van der Waals surface area contributed by atoms with Gasteiger partial charge in [0.25, 0.3) is 5.91 Å². The molecule has 0 aliphatic carbocycles. The summed E-state index contributed by atoms with van der Waals surface area (Å²) in [6, 6.07) is 13.6. The van der Waals surface area contributed by atoms with Gasteiger partial charge in [0.15, 0.2) is 0 Å². The topological polar surface area (TPSA) is 79.3 Å². The summed E-state index contributed by atoms with van der Waals surface area (Å²) >= 11 is 0. The summed E-state index contributed by atoms with van der Waals surface area (Å²) in [5, 5.41) is 8.90. The van der Waals surface area contributed by atoms with Crippen LogP contribution in [0.1, 0.15) is 15.9 Å². The Labute approximate surface area is 123 Å². The normalized spacial score (nSPS) is 9.76. The molecule has 1 amide bonds. The fraction of sp³-hybridized carbons (Fsp3) is 0.125.